The zero-order valence-corrected chi connectivity index (χ0v) is 16.0. The number of nitrogens with two attached hydrogens (primary N) is 1. The second kappa shape index (κ2) is 9.06. The summed E-state index contributed by atoms with van der Waals surface area (Å²) in [4.78, 5) is 23.9. The van der Waals surface area contributed by atoms with E-state index in [1.165, 1.54) is 19.2 Å². The number of hydrogen-bond acceptors (Lipinski definition) is 7. The number of nitrogens with one attached hydrogen (secondary N) is 3. The van der Waals surface area contributed by atoms with Gasteiger partial charge in [0.25, 0.3) is 11.8 Å². The standard InChI is InChI=1S/C17H20N4O6S/c1-26-12-5-3-11(4-6-12)19-10-16(22)20-21-17(23)14-9-13(28(18,24)25)7-8-15(14)27-2/h3-9,19H,10H2,1-2H3,(H,20,22)(H,21,23)(H2,18,24,25). The number of benzene rings is 2. The van der Waals surface area contributed by atoms with Crippen molar-refractivity contribution in [3.63, 3.8) is 0 Å². The van der Waals surface area contributed by atoms with Crippen LogP contribution < -0.4 is 30.8 Å². The summed E-state index contributed by atoms with van der Waals surface area (Å²) in [5.41, 5.74) is 5.00. The molecule has 150 valence electrons. The van der Waals surface area contributed by atoms with Crippen molar-refractivity contribution in [1.82, 2.24) is 10.9 Å². The van der Waals surface area contributed by atoms with Gasteiger partial charge in [0, 0.05) is 5.69 Å². The molecular formula is C17H20N4O6S. The Hall–Kier alpha value is -3.31. The molecule has 0 bridgehead atoms. The number of ether oxygens (including phenoxy) is 2. The van der Waals surface area contributed by atoms with E-state index in [1.54, 1.807) is 31.4 Å². The average Bonchev–Trinajstić information content (AvgIpc) is 2.69. The molecule has 0 aromatic heterocycles. The lowest BCUT2D eigenvalue weighted by Crippen LogP contribution is -2.44. The highest BCUT2D eigenvalue weighted by molar-refractivity contribution is 7.89. The van der Waals surface area contributed by atoms with Crippen molar-refractivity contribution in [2.75, 3.05) is 26.1 Å². The summed E-state index contributed by atoms with van der Waals surface area (Å²) in [6.07, 6.45) is 0. The maximum absolute atomic E-state index is 12.3. The zero-order valence-electron chi connectivity index (χ0n) is 15.2. The Morgan fingerprint density at radius 3 is 2.25 bits per heavy atom. The number of anilines is 1. The quantitative estimate of drug-likeness (QED) is 0.479. The van der Waals surface area contributed by atoms with Crippen molar-refractivity contribution < 1.29 is 27.5 Å². The smallest absolute Gasteiger partial charge is 0.273 e. The van der Waals surface area contributed by atoms with Crippen LogP contribution in [0.5, 0.6) is 11.5 Å². The third kappa shape index (κ3) is 5.59. The number of methoxy groups -OCH3 is 2. The van der Waals surface area contributed by atoms with Gasteiger partial charge in [-0.3, -0.25) is 20.4 Å². The molecule has 0 aliphatic rings. The predicted molar refractivity (Wildman–Crippen MR) is 101 cm³/mol. The molecule has 0 heterocycles. The van der Waals surface area contributed by atoms with Crippen molar-refractivity contribution in [3.8, 4) is 11.5 Å². The zero-order chi connectivity index (χ0) is 20.7. The molecule has 5 N–H and O–H groups in total. The van der Waals surface area contributed by atoms with E-state index in [2.05, 4.69) is 16.2 Å². The Bertz CT molecular complexity index is 960. The predicted octanol–water partition coefficient (Wildman–Crippen LogP) is 0.224. The second-order valence-electron chi connectivity index (χ2n) is 5.49. The first-order chi connectivity index (χ1) is 13.2. The van der Waals surface area contributed by atoms with Crippen molar-refractivity contribution in [2.24, 2.45) is 5.14 Å². The Labute approximate surface area is 162 Å². The maximum atomic E-state index is 12.3. The van der Waals surface area contributed by atoms with E-state index in [-0.39, 0.29) is 22.8 Å². The number of primary sulfonamides is 1. The molecule has 0 aliphatic heterocycles. The fraction of sp³-hybridized carbons (Fsp3) is 0.176. The normalized spacial score (nSPS) is 10.7. The molecule has 2 aromatic rings. The maximum Gasteiger partial charge on any atom is 0.273 e. The fourth-order valence-corrected chi connectivity index (χ4v) is 2.71. The van der Waals surface area contributed by atoms with E-state index in [0.29, 0.717) is 11.4 Å². The molecule has 0 fully saturated rings. The molecule has 28 heavy (non-hydrogen) atoms. The molecule has 2 rings (SSSR count). The minimum absolute atomic E-state index is 0.0996. The Balaban J connectivity index is 1.96. The number of carbonyl (C=O) groups is 2. The topological polar surface area (TPSA) is 149 Å². The van der Waals surface area contributed by atoms with Gasteiger partial charge in [0.1, 0.15) is 11.5 Å². The summed E-state index contributed by atoms with van der Waals surface area (Å²) in [6, 6.07) is 10.5. The van der Waals surface area contributed by atoms with Gasteiger partial charge in [-0.05, 0) is 42.5 Å². The van der Waals surface area contributed by atoms with Crippen LogP contribution >= 0.6 is 0 Å². The van der Waals surface area contributed by atoms with E-state index in [9.17, 15) is 18.0 Å². The van der Waals surface area contributed by atoms with Gasteiger partial charge >= 0.3 is 0 Å². The number of amides is 2. The highest BCUT2D eigenvalue weighted by atomic mass is 32.2. The molecule has 2 aromatic carbocycles. The Morgan fingerprint density at radius 1 is 1.00 bits per heavy atom. The molecular weight excluding hydrogens is 388 g/mol. The van der Waals surface area contributed by atoms with Crippen LogP contribution in [0.4, 0.5) is 5.69 Å². The van der Waals surface area contributed by atoms with Crippen molar-refractivity contribution in [1.29, 1.82) is 0 Å². The molecule has 0 saturated carbocycles. The summed E-state index contributed by atoms with van der Waals surface area (Å²) in [5.74, 6) is -0.487. The molecule has 0 saturated heterocycles. The molecule has 11 heteroatoms. The van der Waals surface area contributed by atoms with E-state index >= 15 is 0 Å². The minimum atomic E-state index is -4.00. The van der Waals surface area contributed by atoms with Crippen LogP contribution in [0.2, 0.25) is 0 Å². The van der Waals surface area contributed by atoms with Crippen LogP contribution in [0.15, 0.2) is 47.4 Å². The highest BCUT2D eigenvalue weighted by Gasteiger charge is 2.17. The minimum Gasteiger partial charge on any atom is -0.497 e. The van der Waals surface area contributed by atoms with Gasteiger partial charge in [-0.25, -0.2) is 13.6 Å². The second-order valence-corrected chi connectivity index (χ2v) is 7.05. The van der Waals surface area contributed by atoms with Gasteiger partial charge in [-0.2, -0.15) is 0 Å². The number of carbonyl (C=O) groups excluding carboxylic acids is 2. The van der Waals surface area contributed by atoms with Gasteiger partial charge in [-0.1, -0.05) is 0 Å². The van der Waals surface area contributed by atoms with Gasteiger partial charge in [-0.15, -0.1) is 0 Å². The Morgan fingerprint density at radius 2 is 1.68 bits per heavy atom. The summed E-state index contributed by atoms with van der Waals surface area (Å²) in [5, 5.41) is 7.94. The lowest BCUT2D eigenvalue weighted by atomic mass is 10.2. The van der Waals surface area contributed by atoms with Crippen LogP contribution in [0.25, 0.3) is 0 Å². The molecule has 0 unspecified atom stereocenters. The van der Waals surface area contributed by atoms with E-state index in [0.717, 1.165) is 6.07 Å². The summed E-state index contributed by atoms with van der Waals surface area (Å²) in [6.45, 7) is -0.110. The molecule has 2 amide bonds. The monoisotopic (exact) mass is 408 g/mol. The summed E-state index contributed by atoms with van der Waals surface area (Å²) >= 11 is 0. The average molecular weight is 408 g/mol. The first kappa shape index (κ1) is 21.0. The molecule has 0 radical (unpaired) electrons. The molecule has 10 nitrogen and oxygen atoms in total. The van der Waals surface area contributed by atoms with Gasteiger partial charge < -0.3 is 14.8 Å². The summed E-state index contributed by atoms with van der Waals surface area (Å²) in [7, 11) is -1.13. The SMILES string of the molecule is COc1ccc(NCC(=O)NNC(=O)c2cc(S(N)(=O)=O)ccc2OC)cc1. The highest BCUT2D eigenvalue weighted by Crippen LogP contribution is 2.21. The third-order valence-corrected chi connectivity index (χ3v) is 4.51. The van der Waals surface area contributed by atoms with Crippen LogP contribution in [0.3, 0.4) is 0 Å². The van der Waals surface area contributed by atoms with Gasteiger partial charge in [0.15, 0.2) is 0 Å². The molecule has 0 spiro atoms. The van der Waals surface area contributed by atoms with E-state index < -0.39 is 21.8 Å². The van der Waals surface area contributed by atoms with Crippen molar-refractivity contribution in [3.05, 3.63) is 48.0 Å². The van der Waals surface area contributed by atoms with E-state index in [1.807, 2.05) is 0 Å². The van der Waals surface area contributed by atoms with Crippen LogP contribution in [-0.2, 0) is 14.8 Å². The lowest BCUT2D eigenvalue weighted by molar-refractivity contribution is -0.120. The molecule has 0 atom stereocenters. The fourth-order valence-electron chi connectivity index (χ4n) is 2.17. The van der Waals surface area contributed by atoms with Crippen LogP contribution in [0, 0.1) is 0 Å². The number of rotatable bonds is 7. The van der Waals surface area contributed by atoms with Gasteiger partial charge in [0.2, 0.25) is 10.0 Å². The number of hydrogen-bond donors (Lipinski definition) is 4. The van der Waals surface area contributed by atoms with Crippen molar-refractivity contribution >= 4 is 27.5 Å². The first-order valence-corrected chi connectivity index (χ1v) is 9.47. The molecule has 0 aliphatic carbocycles. The third-order valence-electron chi connectivity index (χ3n) is 3.60. The largest absolute Gasteiger partial charge is 0.497 e. The number of hydrazine groups is 1. The van der Waals surface area contributed by atoms with E-state index in [4.69, 9.17) is 14.6 Å². The Kier molecular flexibility index (Phi) is 6.79. The summed E-state index contributed by atoms with van der Waals surface area (Å²) < 4.78 is 33.0. The van der Waals surface area contributed by atoms with Crippen LogP contribution in [0.1, 0.15) is 10.4 Å². The van der Waals surface area contributed by atoms with Gasteiger partial charge in [0.05, 0.1) is 31.2 Å². The lowest BCUT2D eigenvalue weighted by Gasteiger charge is -2.12. The van der Waals surface area contributed by atoms with Crippen molar-refractivity contribution in [2.45, 2.75) is 4.90 Å². The van der Waals surface area contributed by atoms with Crippen LogP contribution in [-0.4, -0.2) is 41.0 Å². The first-order valence-electron chi connectivity index (χ1n) is 7.92. The number of sulfonamides is 1.